The molecule has 148 valence electrons. The molecule has 0 radical (unpaired) electrons. The Morgan fingerprint density at radius 3 is 2.57 bits per heavy atom. The Hall–Kier alpha value is -3.10. The minimum Gasteiger partial charge on any atom is -0.350 e. The smallest absolute Gasteiger partial charge is 0.257 e. The molecule has 1 saturated heterocycles. The molecule has 0 aromatic carbocycles. The van der Waals surface area contributed by atoms with E-state index in [1.54, 1.807) is 16.0 Å². The maximum absolute atomic E-state index is 12.7. The Kier molecular flexibility index (Phi) is 5.81. The number of nitrogens with zero attached hydrogens (tertiary/aromatic N) is 6. The molecule has 1 fully saturated rings. The van der Waals surface area contributed by atoms with Gasteiger partial charge in [0.2, 0.25) is 5.95 Å². The molecule has 1 aliphatic heterocycles. The summed E-state index contributed by atoms with van der Waals surface area (Å²) in [5.41, 5.74) is 1.59. The van der Waals surface area contributed by atoms with E-state index in [2.05, 4.69) is 25.3 Å². The van der Waals surface area contributed by atoms with Crippen molar-refractivity contribution in [3.63, 3.8) is 0 Å². The number of anilines is 1. The molecule has 0 saturated carbocycles. The van der Waals surface area contributed by atoms with E-state index in [-0.39, 0.29) is 23.8 Å². The first-order valence-electron chi connectivity index (χ1n) is 9.26. The number of hydrogen-bond acceptors (Lipinski definition) is 7. The third-order valence-corrected chi connectivity index (χ3v) is 4.54. The van der Waals surface area contributed by atoms with Crippen LogP contribution >= 0.6 is 0 Å². The third-order valence-electron chi connectivity index (χ3n) is 4.54. The van der Waals surface area contributed by atoms with Crippen molar-refractivity contribution in [1.29, 1.82) is 0 Å². The molecule has 3 heterocycles. The quantitative estimate of drug-likeness (QED) is 0.824. The summed E-state index contributed by atoms with van der Waals surface area (Å²) < 4.78 is 0. The lowest BCUT2D eigenvalue weighted by molar-refractivity contribution is 0.0789. The number of hydrogen-bond donors (Lipinski definition) is 1. The number of carbonyl (C=O) groups excluding carboxylic acids is 2. The fourth-order valence-electron chi connectivity index (χ4n) is 3.19. The Balaban J connectivity index is 1.86. The first-order valence-corrected chi connectivity index (χ1v) is 9.26. The van der Waals surface area contributed by atoms with Gasteiger partial charge in [-0.1, -0.05) is 0 Å². The molecule has 2 aromatic rings. The van der Waals surface area contributed by atoms with Crippen molar-refractivity contribution in [3.05, 3.63) is 41.7 Å². The lowest BCUT2D eigenvalue weighted by atomic mass is 9.99. The van der Waals surface area contributed by atoms with Crippen LogP contribution in [0.1, 0.15) is 52.6 Å². The molecule has 0 spiro atoms. The van der Waals surface area contributed by atoms with Crippen molar-refractivity contribution in [1.82, 2.24) is 30.2 Å². The van der Waals surface area contributed by atoms with Crippen LogP contribution in [0.25, 0.3) is 0 Å². The number of rotatable bonds is 5. The maximum atomic E-state index is 12.7. The summed E-state index contributed by atoms with van der Waals surface area (Å²) in [6.45, 7) is 4.89. The van der Waals surface area contributed by atoms with Crippen molar-refractivity contribution in [3.8, 4) is 0 Å². The van der Waals surface area contributed by atoms with Crippen molar-refractivity contribution in [2.24, 2.45) is 0 Å². The second kappa shape index (κ2) is 8.28. The molecule has 0 aliphatic carbocycles. The molecule has 28 heavy (non-hydrogen) atoms. The highest BCUT2D eigenvalue weighted by Crippen LogP contribution is 2.30. The average Bonchev–Trinajstić information content (AvgIpc) is 3.17. The van der Waals surface area contributed by atoms with Gasteiger partial charge < -0.3 is 15.1 Å². The van der Waals surface area contributed by atoms with Gasteiger partial charge >= 0.3 is 0 Å². The normalized spacial score (nSPS) is 16.3. The van der Waals surface area contributed by atoms with Gasteiger partial charge in [0, 0.05) is 57.7 Å². The van der Waals surface area contributed by atoms with Crippen molar-refractivity contribution in [2.75, 3.05) is 32.1 Å². The van der Waals surface area contributed by atoms with Crippen LogP contribution < -0.4 is 10.2 Å². The number of amides is 2. The summed E-state index contributed by atoms with van der Waals surface area (Å²) in [5, 5.41) is 2.90. The highest BCUT2D eigenvalue weighted by Gasteiger charge is 2.32. The predicted molar refractivity (Wildman–Crippen MR) is 104 cm³/mol. The van der Waals surface area contributed by atoms with Crippen LogP contribution in [-0.2, 0) is 0 Å². The van der Waals surface area contributed by atoms with Crippen LogP contribution in [0.2, 0.25) is 0 Å². The summed E-state index contributed by atoms with van der Waals surface area (Å²) in [7, 11) is 3.71. The fourth-order valence-corrected chi connectivity index (χ4v) is 3.19. The second-order valence-corrected chi connectivity index (χ2v) is 7.36. The van der Waals surface area contributed by atoms with Crippen LogP contribution in [-0.4, -0.2) is 69.9 Å². The molecule has 2 aromatic heterocycles. The lowest BCUT2D eigenvalue weighted by Crippen LogP contribution is -2.32. The molecule has 9 heteroatoms. The first kappa shape index (κ1) is 19.7. The third kappa shape index (κ3) is 4.24. The molecule has 1 aliphatic rings. The molecule has 9 nitrogen and oxygen atoms in total. The highest BCUT2D eigenvalue weighted by atomic mass is 16.2. The van der Waals surface area contributed by atoms with Gasteiger partial charge in [0.25, 0.3) is 11.8 Å². The van der Waals surface area contributed by atoms with Crippen LogP contribution in [0.15, 0.2) is 24.9 Å². The van der Waals surface area contributed by atoms with Crippen molar-refractivity contribution in [2.45, 2.75) is 32.2 Å². The Bertz CT molecular complexity index is 855. The summed E-state index contributed by atoms with van der Waals surface area (Å²) in [4.78, 5) is 45.7. The second-order valence-electron chi connectivity index (χ2n) is 7.36. The van der Waals surface area contributed by atoms with E-state index < -0.39 is 0 Å². The minimum absolute atomic E-state index is 0.00797. The number of carbonyl (C=O) groups is 2. The zero-order chi connectivity index (χ0) is 20.3. The van der Waals surface area contributed by atoms with Gasteiger partial charge in [-0.3, -0.25) is 9.59 Å². The van der Waals surface area contributed by atoms with E-state index in [1.165, 1.54) is 18.7 Å². The predicted octanol–water partition coefficient (Wildman–Crippen LogP) is 1.10. The zero-order valence-corrected chi connectivity index (χ0v) is 16.6. The van der Waals surface area contributed by atoms with Crippen molar-refractivity contribution < 1.29 is 9.59 Å². The van der Waals surface area contributed by atoms with E-state index in [0.717, 1.165) is 6.42 Å². The van der Waals surface area contributed by atoms with E-state index in [0.29, 0.717) is 35.9 Å². The van der Waals surface area contributed by atoms with Crippen LogP contribution in [0, 0.1) is 0 Å². The van der Waals surface area contributed by atoms with E-state index in [4.69, 9.17) is 0 Å². The van der Waals surface area contributed by atoms with E-state index in [9.17, 15) is 9.59 Å². The SMILES string of the molecule is CC(C)NC(=O)c1cnc(N(C)C)nc1C1CCN(C(=O)c2cncnc2)C1. The average molecular weight is 383 g/mol. The van der Waals surface area contributed by atoms with Crippen LogP contribution in [0.5, 0.6) is 0 Å². The molecule has 0 bridgehead atoms. The summed E-state index contributed by atoms with van der Waals surface area (Å²) in [5.74, 6) is 0.190. The lowest BCUT2D eigenvalue weighted by Gasteiger charge is -2.19. The Morgan fingerprint density at radius 2 is 1.93 bits per heavy atom. The monoisotopic (exact) mass is 383 g/mol. The molecule has 1 N–H and O–H groups in total. The summed E-state index contributed by atoms with van der Waals surface area (Å²) >= 11 is 0. The standard InChI is InChI=1S/C19H25N7O2/c1-12(2)23-17(27)15-9-22-19(25(3)4)24-16(15)13-5-6-26(10-13)18(28)14-7-20-11-21-8-14/h7-9,11-13H,5-6,10H2,1-4H3,(H,23,27). The molecular weight excluding hydrogens is 358 g/mol. The largest absolute Gasteiger partial charge is 0.350 e. The number of likely N-dealkylation sites (tertiary alicyclic amines) is 1. The number of nitrogens with one attached hydrogen (secondary N) is 1. The minimum atomic E-state index is -0.198. The van der Waals surface area contributed by atoms with Gasteiger partial charge in [0.05, 0.1) is 16.8 Å². The van der Waals surface area contributed by atoms with Crippen LogP contribution in [0.3, 0.4) is 0 Å². The maximum Gasteiger partial charge on any atom is 0.257 e. The van der Waals surface area contributed by atoms with Gasteiger partial charge in [0.15, 0.2) is 0 Å². The fraction of sp³-hybridized carbons (Fsp3) is 0.474. The summed E-state index contributed by atoms with van der Waals surface area (Å²) in [6, 6.07) is 0.00797. The Morgan fingerprint density at radius 1 is 1.21 bits per heavy atom. The Labute approximate surface area is 164 Å². The van der Waals surface area contributed by atoms with Gasteiger partial charge in [-0.2, -0.15) is 0 Å². The van der Waals surface area contributed by atoms with Gasteiger partial charge in [0.1, 0.15) is 6.33 Å². The van der Waals surface area contributed by atoms with Gasteiger partial charge in [-0.05, 0) is 20.3 Å². The summed E-state index contributed by atoms with van der Waals surface area (Å²) in [6.07, 6.45) is 6.72. The molecule has 2 amide bonds. The van der Waals surface area contributed by atoms with Crippen LogP contribution in [0.4, 0.5) is 5.95 Å². The zero-order valence-electron chi connectivity index (χ0n) is 16.6. The molecular formula is C19H25N7O2. The van der Waals surface area contributed by atoms with Gasteiger partial charge in [-0.25, -0.2) is 19.9 Å². The van der Waals surface area contributed by atoms with Crippen molar-refractivity contribution >= 4 is 17.8 Å². The molecule has 1 atom stereocenters. The molecule has 1 unspecified atom stereocenters. The van der Waals surface area contributed by atoms with E-state index >= 15 is 0 Å². The van der Waals surface area contributed by atoms with E-state index in [1.807, 2.05) is 27.9 Å². The van der Waals surface area contributed by atoms with Gasteiger partial charge in [-0.15, -0.1) is 0 Å². The first-order chi connectivity index (χ1) is 13.4. The molecule has 3 rings (SSSR count). The topological polar surface area (TPSA) is 104 Å². The highest BCUT2D eigenvalue weighted by molar-refractivity contribution is 5.96. The number of aromatic nitrogens is 4.